The van der Waals surface area contributed by atoms with Crippen molar-refractivity contribution in [3.8, 4) is 5.75 Å². The molecular weight excluding hydrogens is 483 g/mol. The number of hydrogen-bond acceptors (Lipinski definition) is 4. The van der Waals surface area contributed by atoms with Crippen LogP contribution >= 0.6 is 11.6 Å². The summed E-state index contributed by atoms with van der Waals surface area (Å²) in [6.45, 7) is 8.94. The highest BCUT2D eigenvalue weighted by molar-refractivity contribution is 6.31. The topological polar surface area (TPSA) is 88.7 Å². The lowest BCUT2D eigenvalue weighted by Crippen LogP contribution is -2.53. The Morgan fingerprint density at radius 3 is 2.69 bits per heavy atom. The van der Waals surface area contributed by atoms with Crippen molar-refractivity contribution in [2.24, 2.45) is 0 Å². The van der Waals surface area contributed by atoms with E-state index in [2.05, 4.69) is 31.1 Å². The zero-order chi connectivity index (χ0) is 26.0. The number of phenolic OH excluding ortho intramolecular Hbond substituents is 1. The number of fused-ring (bicyclic) bond motifs is 4. The quantitative estimate of drug-likeness (QED) is 0.327. The van der Waals surface area contributed by atoms with Gasteiger partial charge in [-0.15, -0.1) is 0 Å². The normalized spacial score (nSPS) is 21.9. The minimum atomic E-state index is -1.15. The van der Waals surface area contributed by atoms with Crippen molar-refractivity contribution in [1.82, 2.24) is 20.1 Å². The Morgan fingerprint density at radius 2 is 2.00 bits per heavy atom. The molecule has 0 saturated carbocycles. The summed E-state index contributed by atoms with van der Waals surface area (Å²) in [5, 5.41) is 14.3. The lowest BCUT2D eigenvalue weighted by Gasteiger charge is -2.42. The van der Waals surface area contributed by atoms with E-state index in [1.54, 1.807) is 36.1 Å². The summed E-state index contributed by atoms with van der Waals surface area (Å²) in [5.74, 6) is -0.762. The third-order valence-electron chi connectivity index (χ3n) is 7.11. The van der Waals surface area contributed by atoms with Crippen LogP contribution in [0.1, 0.15) is 57.0 Å². The van der Waals surface area contributed by atoms with Crippen LogP contribution in [0.2, 0.25) is 5.02 Å². The number of urea groups is 1. The molecule has 190 valence electrons. The van der Waals surface area contributed by atoms with Gasteiger partial charge >= 0.3 is 6.03 Å². The van der Waals surface area contributed by atoms with Crippen molar-refractivity contribution in [2.45, 2.75) is 57.7 Å². The molecular formula is C27H30ClFN4O3. The molecule has 1 fully saturated rings. The molecule has 0 unspecified atom stereocenters. The SMILES string of the molecule is CC(C)(C)NCCCN1C(=O)N2[C@H](c3cccc(O)c3)c3[nH]c4cc(F)c(Cl)cc4c3C[C@@]2(C)C1=O. The Hall–Kier alpha value is -3.10. The third kappa shape index (κ3) is 3.92. The summed E-state index contributed by atoms with van der Waals surface area (Å²) in [6.07, 6.45) is 0.888. The number of H-pyrrole nitrogens is 1. The molecule has 2 aliphatic heterocycles. The fourth-order valence-electron chi connectivity index (χ4n) is 5.45. The van der Waals surface area contributed by atoms with E-state index in [0.717, 1.165) is 10.9 Å². The molecule has 3 N–H and O–H groups in total. The Kier molecular flexibility index (Phi) is 5.80. The monoisotopic (exact) mass is 512 g/mol. The molecule has 3 heterocycles. The predicted octanol–water partition coefficient (Wildman–Crippen LogP) is 5.11. The zero-order valence-electron chi connectivity index (χ0n) is 20.8. The van der Waals surface area contributed by atoms with E-state index in [9.17, 15) is 19.1 Å². The first-order valence-electron chi connectivity index (χ1n) is 12.1. The lowest BCUT2D eigenvalue weighted by atomic mass is 9.81. The van der Waals surface area contributed by atoms with Gasteiger partial charge in [0.05, 0.1) is 5.02 Å². The molecule has 3 aromatic rings. The average molecular weight is 513 g/mol. The van der Waals surface area contributed by atoms with Crippen LogP contribution in [0.15, 0.2) is 36.4 Å². The molecule has 2 aliphatic rings. The number of carbonyl (C=O) groups excluding carboxylic acids is 2. The summed E-state index contributed by atoms with van der Waals surface area (Å²) in [5.41, 5.74) is 1.49. The van der Waals surface area contributed by atoms with E-state index in [-0.39, 0.29) is 34.7 Å². The minimum Gasteiger partial charge on any atom is -0.508 e. The number of carbonyl (C=O) groups is 2. The van der Waals surface area contributed by atoms with E-state index in [4.69, 9.17) is 11.6 Å². The van der Waals surface area contributed by atoms with E-state index in [1.807, 2.05) is 6.07 Å². The summed E-state index contributed by atoms with van der Waals surface area (Å²) in [4.78, 5) is 33.8. The van der Waals surface area contributed by atoms with Gasteiger partial charge in [-0.05, 0) is 76.1 Å². The van der Waals surface area contributed by atoms with Crippen LogP contribution < -0.4 is 5.32 Å². The van der Waals surface area contributed by atoms with Crippen LogP contribution in [0.4, 0.5) is 9.18 Å². The molecule has 0 radical (unpaired) electrons. The molecule has 7 nitrogen and oxygen atoms in total. The van der Waals surface area contributed by atoms with Crippen LogP contribution in [-0.4, -0.2) is 56.0 Å². The Bertz CT molecular complexity index is 1380. The maximum atomic E-state index is 14.3. The van der Waals surface area contributed by atoms with Gasteiger partial charge < -0.3 is 15.4 Å². The van der Waals surface area contributed by atoms with Gasteiger partial charge in [-0.1, -0.05) is 23.7 Å². The van der Waals surface area contributed by atoms with Crippen molar-refractivity contribution < 1.29 is 19.1 Å². The van der Waals surface area contributed by atoms with Crippen LogP contribution in [0, 0.1) is 5.82 Å². The molecule has 2 atom stereocenters. The van der Waals surface area contributed by atoms with Gasteiger partial charge in [0.15, 0.2) is 0 Å². The Balaban J connectivity index is 1.60. The van der Waals surface area contributed by atoms with Crippen molar-refractivity contribution >= 4 is 34.4 Å². The number of hydrogen-bond donors (Lipinski definition) is 3. The van der Waals surface area contributed by atoms with Gasteiger partial charge in [-0.25, -0.2) is 9.18 Å². The van der Waals surface area contributed by atoms with E-state index < -0.39 is 17.4 Å². The highest BCUT2D eigenvalue weighted by Crippen LogP contribution is 2.49. The maximum absolute atomic E-state index is 14.3. The highest BCUT2D eigenvalue weighted by Gasteiger charge is 2.60. The first-order chi connectivity index (χ1) is 16.9. The number of imide groups is 1. The van der Waals surface area contributed by atoms with Gasteiger partial charge in [0.1, 0.15) is 23.1 Å². The molecule has 9 heteroatoms. The number of rotatable bonds is 5. The molecule has 5 rings (SSSR count). The summed E-state index contributed by atoms with van der Waals surface area (Å²) in [6, 6.07) is 8.51. The van der Waals surface area contributed by atoms with E-state index >= 15 is 0 Å². The number of amides is 3. The largest absolute Gasteiger partial charge is 0.508 e. The first kappa shape index (κ1) is 24.6. The molecule has 0 aliphatic carbocycles. The Labute approximate surface area is 214 Å². The summed E-state index contributed by atoms with van der Waals surface area (Å²) < 4.78 is 14.3. The van der Waals surface area contributed by atoms with Crippen molar-refractivity contribution in [1.29, 1.82) is 0 Å². The highest BCUT2D eigenvalue weighted by atomic mass is 35.5. The molecule has 2 aromatic carbocycles. The zero-order valence-corrected chi connectivity index (χ0v) is 21.5. The minimum absolute atomic E-state index is 0.00686. The molecule has 1 saturated heterocycles. The second-order valence-corrected chi connectivity index (χ2v) is 11.3. The number of benzene rings is 2. The van der Waals surface area contributed by atoms with Crippen LogP contribution in [0.25, 0.3) is 10.9 Å². The molecule has 36 heavy (non-hydrogen) atoms. The fourth-order valence-corrected chi connectivity index (χ4v) is 5.61. The molecule has 1 aromatic heterocycles. The Morgan fingerprint density at radius 1 is 1.25 bits per heavy atom. The summed E-state index contributed by atoms with van der Waals surface area (Å²) in [7, 11) is 0. The van der Waals surface area contributed by atoms with Gasteiger partial charge in [0.25, 0.3) is 5.91 Å². The van der Waals surface area contributed by atoms with Crippen LogP contribution in [0.3, 0.4) is 0 Å². The number of aromatic hydroxyl groups is 1. The van der Waals surface area contributed by atoms with Crippen molar-refractivity contribution in [3.63, 3.8) is 0 Å². The van der Waals surface area contributed by atoms with Gasteiger partial charge in [-0.2, -0.15) is 0 Å². The summed E-state index contributed by atoms with van der Waals surface area (Å²) >= 11 is 6.12. The second kappa shape index (κ2) is 8.49. The molecule has 0 bridgehead atoms. The fraction of sp³-hybridized carbons (Fsp3) is 0.407. The lowest BCUT2D eigenvalue weighted by molar-refractivity contribution is -0.133. The van der Waals surface area contributed by atoms with Crippen molar-refractivity contribution in [2.75, 3.05) is 13.1 Å². The average Bonchev–Trinajstić information content (AvgIpc) is 3.21. The standard InChI is InChI=1S/C27H30ClFN4O3/c1-26(2,3)30-9-6-10-32-24(35)27(4)14-18-17-12-19(28)20(29)13-21(17)31-22(18)23(33(27)25(32)36)15-7-5-8-16(34)11-15/h5,7-8,11-13,23,30-31,34H,6,9-10,14H2,1-4H3/t23-,27+/m1/s1. The molecule has 3 amide bonds. The number of nitrogens with one attached hydrogen (secondary N) is 2. The smallest absolute Gasteiger partial charge is 0.328 e. The van der Waals surface area contributed by atoms with Crippen LogP contribution in [0.5, 0.6) is 5.75 Å². The van der Waals surface area contributed by atoms with E-state index in [1.165, 1.54) is 11.0 Å². The molecule has 0 spiro atoms. The van der Waals surface area contributed by atoms with Crippen LogP contribution in [-0.2, 0) is 11.2 Å². The number of aromatic nitrogens is 1. The number of nitrogens with zero attached hydrogens (tertiary/aromatic N) is 2. The van der Waals surface area contributed by atoms with E-state index in [0.29, 0.717) is 36.3 Å². The number of phenols is 1. The van der Waals surface area contributed by atoms with Crippen molar-refractivity contribution in [3.05, 3.63) is 64.1 Å². The number of halogens is 2. The van der Waals surface area contributed by atoms with Gasteiger partial charge in [-0.3, -0.25) is 14.6 Å². The predicted molar refractivity (Wildman–Crippen MR) is 137 cm³/mol. The van der Waals surface area contributed by atoms with Gasteiger partial charge in [0.2, 0.25) is 0 Å². The second-order valence-electron chi connectivity index (χ2n) is 10.9. The number of aromatic amines is 1. The maximum Gasteiger partial charge on any atom is 0.328 e. The van der Waals surface area contributed by atoms with Gasteiger partial charge in [0, 0.05) is 35.1 Å². The third-order valence-corrected chi connectivity index (χ3v) is 7.40. The first-order valence-corrected chi connectivity index (χ1v) is 12.5.